The normalized spacial score (nSPS) is 18.2. The van der Waals surface area contributed by atoms with Crippen molar-refractivity contribution in [1.82, 2.24) is 20.5 Å². The summed E-state index contributed by atoms with van der Waals surface area (Å²) in [5.41, 5.74) is 4.96. The molecule has 1 aliphatic rings. The molecule has 3 rings (SSSR count). The van der Waals surface area contributed by atoms with Gasteiger partial charge >= 0.3 is 0 Å². The maximum atomic E-state index is 12.7. The molecule has 136 valence electrons. The molecule has 2 aromatic rings. The lowest BCUT2D eigenvalue weighted by Crippen LogP contribution is -2.58. The molecule has 6 nitrogen and oxygen atoms in total. The number of benzene rings is 2. The highest BCUT2D eigenvalue weighted by Gasteiger charge is 2.30. The van der Waals surface area contributed by atoms with Crippen LogP contribution in [0.5, 0.6) is 0 Å². The fraction of sp³-hybridized carbons (Fsp3) is 0.300. The van der Waals surface area contributed by atoms with Crippen LogP contribution in [0.4, 0.5) is 0 Å². The van der Waals surface area contributed by atoms with Gasteiger partial charge in [0.05, 0.1) is 19.1 Å². The van der Waals surface area contributed by atoms with Gasteiger partial charge < -0.3 is 0 Å². The molecule has 1 aliphatic heterocycles. The fourth-order valence-electron chi connectivity index (χ4n) is 3.11. The van der Waals surface area contributed by atoms with Crippen molar-refractivity contribution in [2.24, 2.45) is 0 Å². The molecule has 0 aliphatic carbocycles. The summed E-state index contributed by atoms with van der Waals surface area (Å²) in [5, 5.41) is 5.03. The third kappa shape index (κ3) is 4.28. The van der Waals surface area contributed by atoms with Gasteiger partial charge in [-0.05, 0) is 18.1 Å². The molecule has 2 aromatic carbocycles. The lowest BCUT2D eigenvalue weighted by atomic mass is 10.1. The minimum atomic E-state index is -0.136. The Bertz CT molecular complexity index is 751. The van der Waals surface area contributed by atoms with Crippen molar-refractivity contribution >= 4 is 11.8 Å². The van der Waals surface area contributed by atoms with Crippen LogP contribution >= 0.6 is 0 Å². The van der Waals surface area contributed by atoms with Crippen LogP contribution in [0.15, 0.2) is 60.7 Å². The molecule has 1 fully saturated rings. The molecular formula is C20H24N4O2. The summed E-state index contributed by atoms with van der Waals surface area (Å²) < 4.78 is 0. The first-order chi connectivity index (χ1) is 12.5. The maximum Gasteiger partial charge on any atom is 0.252 e. The average Bonchev–Trinajstić information content (AvgIpc) is 2.65. The lowest BCUT2D eigenvalue weighted by molar-refractivity contribution is -0.161. The van der Waals surface area contributed by atoms with Crippen molar-refractivity contribution in [1.29, 1.82) is 0 Å². The van der Waals surface area contributed by atoms with E-state index in [0.717, 1.165) is 11.1 Å². The van der Waals surface area contributed by atoms with Crippen molar-refractivity contribution < 1.29 is 9.59 Å². The van der Waals surface area contributed by atoms with Crippen molar-refractivity contribution in [3.8, 4) is 0 Å². The van der Waals surface area contributed by atoms with Gasteiger partial charge in [-0.1, -0.05) is 60.7 Å². The molecule has 1 atom stereocenters. The van der Waals surface area contributed by atoms with Crippen LogP contribution in [0, 0.1) is 0 Å². The number of carbonyl (C=O) groups is 2. The third-order valence-electron chi connectivity index (χ3n) is 4.61. The Morgan fingerprint density at radius 3 is 2.23 bits per heavy atom. The molecule has 0 bridgehead atoms. The summed E-state index contributed by atoms with van der Waals surface area (Å²) in [5.74, 6) is -0.202. The third-order valence-corrected chi connectivity index (χ3v) is 4.61. The minimum absolute atomic E-state index is 0.0660. The van der Waals surface area contributed by atoms with Crippen LogP contribution in [-0.2, 0) is 16.1 Å². The number of nitrogens with one attached hydrogen (secondary N) is 1. The van der Waals surface area contributed by atoms with Gasteiger partial charge in [-0.25, -0.2) is 10.0 Å². The van der Waals surface area contributed by atoms with E-state index in [1.54, 1.807) is 22.1 Å². The van der Waals surface area contributed by atoms with Gasteiger partial charge in [0, 0.05) is 13.6 Å². The molecule has 0 spiro atoms. The van der Waals surface area contributed by atoms with Gasteiger partial charge in [-0.3, -0.25) is 20.0 Å². The number of nitrogens with zero attached hydrogens (tertiary/aromatic N) is 3. The Morgan fingerprint density at radius 2 is 1.58 bits per heavy atom. The molecule has 1 N–H and O–H groups in total. The van der Waals surface area contributed by atoms with E-state index in [2.05, 4.69) is 5.43 Å². The standard InChI is InChI=1S/C20H24N4O2/c1-16(18-11-7-4-8-12-18)24-14-19(25)21-23(15-20(26)22(24)2)13-17-9-5-3-6-10-17/h3-12,16H,13-15H2,1-2H3,(H,21,25). The second-order valence-corrected chi connectivity index (χ2v) is 6.48. The predicted molar refractivity (Wildman–Crippen MR) is 99.3 cm³/mol. The van der Waals surface area contributed by atoms with Crippen LogP contribution < -0.4 is 5.43 Å². The topological polar surface area (TPSA) is 55.9 Å². The van der Waals surface area contributed by atoms with Crippen LogP contribution in [0.3, 0.4) is 0 Å². The largest absolute Gasteiger partial charge is 0.287 e. The van der Waals surface area contributed by atoms with Crippen LogP contribution in [0.1, 0.15) is 24.1 Å². The average molecular weight is 352 g/mol. The van der Waals surface area contributed by atoms with Crippen LogP contribution in [0.25, 0.3) is 0 Å². The van der Waals surface area contributed by atoms with Crippen LogP contribution in [0.2, 0.25) is 0 Å². The molecule has 26 heavy (non-hydrogen) atoms. The highest BCUT2D eigenvalue weighted by Crippen LogP contribution is 2.22. The highest BCUT2D eigenvalue weighted by molar-refractivity contribution is 5.82. The molecule has 1 unspecified atom stereocenters. The smallest absolute Gasteiger partial charge is 0.252 e. The zero-order valence-corrected chi connectivity index (χ0v) is 15.1. The first kappa shape index (κ1) is 18.1. The van der Waals surface area contributed by atoms with Gasteiger partial charge in [-0.2, -0.15) is 0 Å². The first-order valence-corrected chi connectivity index (χ1v) is 8.71. The molecular weight excluding hydrogens is 328 g/mol. The quantitative estimate of drug-likeness (QED) is 0.914. The zero-order valence-electron chi connectivity index (χ0n) is 15.1. The number of likely N-dealkylation sites (N-methyl/N-ethyl adjacent to an activating group) is 1. The highest BCUT2D eigenvalue weighted by atomic mass is 16.2. The van der Waals surface area contributed by atoms with Crippen molar-refractivity contribution in [3.05, 3.63) is 71.8 Å². The molecule has 6 heteroatoms. The molecule has 0 aromatic heterocycles. The Morgan fingerprint density at radius 1 is 0.962 bits per heavy atom. The molecule has 1 heterocycles. The van der Waals surface area contributed by atoms with Crippen molar-refractivity contribution in [2.45, 2.75) is 19.5 Å². The van der Waals surface area contributed by atoms with E-state index in [9.17, 15) is 9.59 Å². The summed E-state index contributed by atoms with van der Waals surface area (Å²) in [7, 11) is 1.72. The summed E-state index contributed by atoms with van der Waals surface area (Å²) >= 11 is 0. The Labute approximate surface area is 153 Å². The van der Waals surface area contributed by atoms with E-state index in [4.69, 9.17) is 0 Å². The Kier molecular flexibility index (Phi) is 5.65. The van der Waals surface area contributed by atoms with E-state index < -0.39 is 0 Å². The first-order valence-electron chi connectivity index (χ1n) is 8.71. The van der Waals surface area contributed by atoms with Crippen molar-refractivity contribution in [2.75, 3.05) is 20.1 Å². The number of hydrazine groups is 2. The predicted octanol–water partition coefficient (Wildman–Crippen LogP) is 1.97. The molecule has 1 saturated heterocycles. The van der Waals surface area contributed by atoms with E-state index in [0.29, 0.717) is 6.54 Å². The molecule has 0 saturated carbocycles. The second-order valence-electron chi connectivity index (χ2n) is 6.48. The Balaban J connectivity index is 1.74. The number of hydrogen-bond donors (Lipinski definition) is 1. The number of rotatable bonds is 4. The summed E-state index contributed by atoms with van der Waals surface area (Å²) in [6.45, 7) is 2.72. The van der Waals surface area contributed by atoms with Crippen LogP contribution in [-0.4, -0.2) is 47.0 Å². The minimum Gasteiger partial charge on any atom is -0.287 e. The van der Waals surface area contributed by atoms with E-state index in [-0.39, 0.29) is 30.9 Å². The van der Waals surface area contributed by atoms with E-state index in [1.165, 1.54) is 0 Å². The zero-order chi connectivity index (χ0) is 18.5. The SMILES string of the molecule is CC(c1ccccc1)N1CC(=O)NN(Cc2ccccc2)CC(=O)N1C. The Hall–Kier alpha value is -2.70. The van der Waals surface area contributed by atoms with Gasteiger partial charge in [-0.15, -0.1) is 0 Å². The maximum absolute atomic E-state index is 12.7. The van der Waals surface area contributed by atoms with Gasteiger partial charge in [0.25, 0.3) is 5.91 Å². The molecule has 2 amide bonds. The number of carbonyl (C=O) groups excluding carboxylic acids is 2. The second kappa shape index (κ2) is 8.12. The summed E-state index contributed by atoms with van der Waals surface area (Å²) in [6, 6.07) is 19.6. The van der Waals surface area contributed by atoms with Crippen molar-refractivity contribution in [3.63, 3.8) is 0 Å². The summed E-state index contributed by atoms with van der Waals surface area (Å²) in [6.07, 6.45) is 0. The fourth-order valence-corrected chi connectivity index (χ4v) is 3.11. The number of amides is 2. The number of hydrogen-bond acceptors (Lipinski definition) is 4. The lowest BCUT2D eigenvalue weighted by Gasteiger charge is -2.39. The van der Waals surface area contributed by atoms with Gasteiger partial charge in [0.2, 0.25) is 5.91 Å². The monoisotopic (exact) mass is 352 g/mol. The molecule has 0 radical (unpaired) electrons. The van der Waals surface area contributed by atoms with E-state index in [1.807, 2.05) is 67.6 Å². The van der Waals surface area contributed by atoms with Gasteiger partial charge in [0.1, 0.15) is 0 Å². The summed E-state index contributed by atoms with van der Waals surface area (Å²) in [4.78, 5) is 25.2. The van der Waals surface area contributed by atoms with E-state index >= 15 is 0 Å². The van der Waals surface area contributed by atoms with Gasteiger partial charge in [0.15, 0.2) is 0 Å².